The van der Waals surface area contributed by atoms with Crippen LogP contribution in [-0.4, -0.2) is 37.0 Å². The Kier molecular flexibility index (Phi) is 6.69. The maximum Gasteiger partial charge on any atom is 0.254 e. The second-order valence-corrected chi connectivity index (χ2v) is 8.54. The molecule has 4 aromatic rings. The number of carbonyl (C=O) groups is 1. The Morgan fingerprint density at radius 2 is 1.69 bits per heavy atom. The van der Waals surface area contributed by atoms with Crippen molar-refractivity contribution in [2.75, 3.05) is 21.0 Å². The van der Waals surface area contributed by atoms with Crippen molar-refractivity contribution in [3.8, 4) is 34.3 Å². The Morgan fingerprint density at radius 3 is 2.47 bits per heavy atom. The maximum absolute atomic E-state index is 13.5. The smallest absolute Gasteiger partial charge is 0.254 e. The van der Waals surface area contributed by atoms with E-state index >= 15 is 0 Å². The van der Waals surface area contributed by atoms with Crippen molar-refractivity contribution in [1.29, 1.82) is 0 Å². The minimum Gasteiger partial charge on any atom is -0.493 e. The third kappa shape index (κ3) is 4.94. The van der Waals surface area contributed by atoms with Crippen molar-refractivity contribution in [3.63, 3.8) is 0 Å². The highest BCUT2D eigenvalue weighted by Gasteiger charge is 2.21. The molecule has 9 heteroatoms. The Labute approximate surface area is 212 Å². The molecule has 0 N–H and O–H groups in total. The van der Waals surface area contributed by atoms with E-state index in [9.17, 15) is 4.79 Å². The first kappa shape index (κ1) is 23.6. The minimum atomic E-state index is -0.167. The van der Waals surface area contributed by atoms with Crippen LogP contribution in [0.15, 0.2) is 71.3 Å². The van der Waals surface area contributed by atoms with E-state index in [0.29, 0.717) is 51.6 Å². The number of hydrogen-bond acceptors (Lipinski definition) is 7. The molecule has 1 aliphatic rings. The number of benzene rings is 3. The van der Waals surface area contributed by atoms with E-state index in [1.54, 1.807) is 49.5 Å². The first-order valence-corrected chi connectivity index (χ1v) is 11.5. The van der Waals surface area contributed by atoms with Crippen LogP contribution in [-0.2, 0) is 13.1 Å². The van der Waals surface area contributed by atoms with Gasteiger partial charge >= 0.3 is 0 Å². The predicted molar refractivity (Wildman–Crippen MR) is 133 cm³/mol. The molecule has 1 amide bonds. The van der Waals surface area contributed by atoms with Crippen molar-refractivity contribution < 1.29 is 28.3 Å². The molecule has 0 saturated heterocycles. The monoisotopic (exact) mass is 506 g/mol. The van der Waals surface area contributed by atoms with Gasteiger partial charge in [0.1, 0.15) is 5.69 Å². The third-order valence-electron chi connectivity index (χ3n) is 5.77. The van der Waals surface area contributed by atoms with Gasteiger partial charge in [-0.3, -0.25) is 4.79 Å². The largest absolute Gasteiger partial charge is 0.493 e. The van der Waals surface area contributed by atoms with E-state index in [1.807, 2.05) is 36.4 Å². The van der Waals surface area contributed by atoms with Crippen molar-refractivity contribution in [3.05, 3.63) is 88.6 Å². The van der Waals surface area contributed by atoms with Gasteiger partial charge in [-0.15, -0.1) is 0 Å². The number of nitrogens with zero attached hydrogens (tertiary/aromatic N) is 2. The standard InChI is InChI=1S/C27H23ClN2O6/c1-32-22-10-6-19(12-25(22)33-2)24-13-21(29-36-24)15-30(27(31)18-4-7-20(28)8-5-18)14-17-3-9-23-26(11-17)35-16-34-23/h3-13H,14-16H2,1-2H3. The lowest BCUT2D eigenvalue weighted by Crippen LogP contribution is -2.30. The van der Waals surface area contributed by atoms with E-state index < -0.39 is 0 Å². The van der Waals surface area contributed by atoms with Gasteiger partial charge in [0.2, 0.25) is 6.79 Å². The zero-order valence-electron chi connectivity index (χ0n) is 19.7. The minimum absolute atomic E-state index is 0.167. The van der Waals surface area contributed by atoms with E-state index in [1.165, 1.54) is 0 Å². The molecule has 0 saturated carbocycles. The molecule has 3 aromatic carbocycles. The van der Waals surface area contributed by atoms with Gasteiger partial charge in [-0.25, -0.2) is 0 Å². The Bertz CT molecular complexity index is 1390. The van der Waals surface area contributed by atoms with E-state index in [-0.39, 0.29) is 19.2 Å². The molecule has 5 rings (SSSR count). The second kappa shape index (κ2) is 10.2. The topological polar surface area (TPSA) is 83.3 Å². The van der Waals surface area contributed by atoms with E-state index in [4.69, 9.17) is 35.1 Å². The van der Waals surface area contributed by atoms with Gasteiger partial charge in [-0.1, -0.05) is 22.8 Å². The molecule has 8 nitrogen and oxygen atoms in total. The molecule has 0 aliphatic carbocycles. The van der Waals surface area contributed by atoms with Gasteiger partial charge in [0.05, 0.1) is 20.8 Å². The number of hydrogen-bond donors (Lipinski definition) is 0. The van der Waals surface area contributed by atoms with Gasteiger partial charge in [0, 0.05) is 28.8 Å². The first-order valence-electron chi connectivity index (χ1n) is 11.2. The molecule has 0 atom stereocenters. The Balaban J connectivity index is 1.41. The molecule has 184 valence electrons. The molecule has 0 unspecified atom stereocenters. The lowest BCUT2D eigenvalue weighted by atomic mass is 10.1. The van der Waals surface area contributed by atoms with Crippen LogP contribution in [0.2, 0.25) is 5.02 Å². The van der Waals surface area contributed by atoms with E-state index in [2.05, 4.69) is 5.16 Å². The highest BCUT2D eigenvalue weighted by Crippen LogP contribution is 2.34. The van der Waals surface area contributed by atoms with Gasteiger partial charge in [-0.05, 0) is 60.2 Å². The summed E-state index contributed by atoms with van der Waals surface area (Å²) in [5, 5.41) is 4.77. The number of fused-ring (bicyclic) bond motifs is 1. The molecule has 0 bridgehead atoms. The zero-order valence-corrected chi connectivity index (χ0v) is 20.4. The number of rotatable bonds is 8. The van der Waals surface area contributed by atoms with Crippen molar-refractivity contribution in [2.45, 2.75) is 13.1 Å². The van der Waals surface area contributed by atoms with Gasteiger partial charge in [0.15, 0.2) is 28.8 Å². The van der Waals surface area contributed by atoms with Crippen LogP contribution in [0, 0.1) is 0 Å². The summed E-state index contributed by atoms with van der Waals surface area (Å²) < 4.78 is 27.2. The third-order valence-corrected chi connectivity index (χ3v) is 6.02. The lowest BCUT2D eigenvalue weighted by Gasteiger charge is -2.22. The number of methoxy groups -OCH3 is 2. The average Bonchev–Trinajstić information content (AvgIpc) is 3.57. The van der Waals surface area contributed by atoms with Crippen molar-refractivity contribution in [2.24, 2.45) is 0 Å². The molecule has 1 aliphatic heterocycles. The van der Waals surface area contributed by atoms with Crippen molar-refractivity contribution in [1.82, 2.24) is 10.1 Å². The van der Waals surface area contributed by atoms with Crippen LogP contribution in [0.25, 0.3) is 11.3 Å². The second-order valence-electron chi connectivity index (χ2n) is 8.11. The Morgan fingerprint density at radius 1 is 0.917 bits per heavy atom. The molecule has 0 fully saturated rings. The predicted octanol–water partition coefficient (Wildman–Crippen LogP) is 5.58. The van der Waals surface area contributed by atoms with Gasteiger partial charge < -0.3 is 28.4 Å². The summed E-state index contributed by atoms with van der Waals surface area (Å²) in [5.41, 5.74) is 2.79. The number of carbonyl (C=O) groups excluding carboxylic acids is 1. The molecular weight excluding hydrogens is 484 g/mol. The summed E-state index contributed by atoms with van der Waals surface area (Å²) >= 11 is 6.02. The van der Waals surface area contributed by atoms with Crippen LogP contribution >= 0.6 is 11.6 Å². The van der Waals surface area contributed by atoms with Crippen LogP contribution in [0.4, 0.5) is 0 Å². The van der Waals surface area contributed by atoms with Crippen LogP contribution < -0.4 is 18.9 Å². The SMILES string of the molecule is COc1ccc(-c2cc(CN(Cc3ccc4c(c3)OCO4)C(=O)c3ccc(Cl)cc3)no2)cc1OC. The fourth-order valence-corrected chi connectivity index (χ4v) is 4.07. The molecule has 36 heavy (non-hydrogen) atoms. The maximum atomic E-state index is 13.5. The number of ether oxygens (including phenoxy) is 4. The van der Waals surface area contributed by atoms with Gasteiger partial charge in [0.25, 0.3) is 5.91 Å². The lowest BCUT2D eigenvalue weighted by molar-refractivity contribution is 0.0726. The van der Waals surface area contributed by atoms with E-state index in [0.717, 1.165) is 11.1 Å². The number of aromatic nitrogens is 1. The quantitative estimate of drug-likeness (QED) is 0.308. The number of amides is 1. The first-order chi connectivity index (χ1) is 17.5. The molecular formula is C27H23ClN2O6. The number of halogens is 1. The summed E-state index contributed by atoms with van der Waals surface area (Å²) in [5.74, 6) is 2.92. The normalized spacial score (nSPS) is 11.9. The fraction of sp³-hybridized carbons (Fsp3) is 0.185. The zero-order chi connectivity index (χ0) is 25.1. The summed E-state index contributed by atoms with van der Waals surface area (Å²) in [6.45, 7) is 0.743. The summed E-state index contributed by atoms with van der Waals surface area (Å²) in [6.07, 6.45) is 0. The summed E-state index contributed by atoms with van der Waals surface area (Å²) in [4.78, 5) is 15.2. The molecule has 0 spiro atoms. The molecule has 1 aromatic heterocycles. The summed E-state index contributed by atoms with van der Waals surface area (Å²) in [7, 11) is 3.15. The van der Waals surface area contributed by atoms with Crippen molar-refractivity contribution >= 4 is 17.5 Å². The molecule has 0 radical (unpaired) electrons. The van der Waals surface area contributed by atoms with Crippen LogP contribution in [0.3, 0.4) is 0 Å². The van der Waals surface area contributed by atoms with Crippen LogP contribution in [0.5, 0.6) is 23.0 Å². The highest BCUT2D eigenvalue weighted by molar-refractivity contribution is 6.30. The average molecular weight is 507 g/mol. The van der Waals surface area contributed by atoms with Crippen LogP contribution in [0.1, 0.15) is 21.6 Å². The fourth-order valence-electron chi connectivity index (χ4n) is 3.94. The summed E-state index contributed by atoms with van der Waals surface area (Å²) in [6, 6.07) is 19.7. The van der Waals surface area contributed by atoms with Gasteiger partial charge in [-0.2, -0.15) is 0 Å². The Hall–Kier alpha value is -4.17. The highest BCUT2D eigenvalue weighted by atomic mass is 35.5. The molecule has 2 heterocycles.